The van der Waals surface area contributed by atoms with E-state index in [2.05, 4.69) is 4.74 Å². The Balaban J connectivity index is 2.21. The highest BCUT2D eigenvalue weighted by atomic mass is 19.3. The second kappa shape index (κ2) is 8.43. The van der Waals surface area contributed by atoms with Gasteiger partial charge in [-0.2, -0.15) is 8.78 Å². The van der Waals surface area contributed by atoms with Gasteiger partial charge in [0, 0.05) is 45.5 Å². The molecule has 2 aromatic carbocycles. The van der Waals surface area contributed by atoms with E-state index in [0.29, 0.717) is 11.3 Å². The van der Waals surface area contributed by atoms with Gasteiger partial charge in [0.05, 0.1) is 10.5 Å². The summed E-state index contributed by atoms with van der Waals surface area (Å²) in [5, 5.41) is 11.0. The lowest BCUT2D eigenvalue weighted by Gasteiger charge is -2.22. The third kappa shape index (κ3) is 5.13. The molecule has 0 atom stereocenters. The molecule has 0 bridgehead atoms. The molecule has 0 saturated carbocycles. The van der Waals surface area contributed by atoms with E-state index in [4.69, 9.17) is 0 Å². The highest BCUT2D eigenvalue weighted by molar-refractivity contribution is 6.00. The Morgan fingerprint density at radius 1 is 1.15 bits per heavy atom. The fourth-order valence-electron chi connectivity index (χ4n) is 2.53. The summed E-state index contributed by atoms with van der Waals surface area (Å²) in [5.41, 5.74) is 1.28. The van der Waals surface area contributed by atoms with Crippen molar-refractivity contribution in [3.63, 3.8) is 0 Å². The van der Waals surface area contributed by atoms with Crippen molar-refractivity contribution in [1.29, 1.82) is 0 Å². The number of ether oxygens (including phenoxy) is 1. The van der Waals surface area contributed by atoms with Gasteiger partial charge in [-0.15, -0.1) is 0 Å². The molecule has 0 unspecified atom stereocenters. The predicted octanol–water partition coefficient (Wildman–Crippen LogP) is 3.53. The molecule has 0 saturated heterocycles. The first-order valence-corrected chi connectivity index (χ1v) is 7.94. The van der Waals surface area contributed by atoms with Crippen molar-refractivity contribution in [3.8, 4) is 5.75 Å². The summed E-state index contributed by atoms with van der Waals surface area (Å²) in [6, 6.07) is 10.0. The van der Waals surface area contributed by atoms with Crippen LogP contribution in [0, 0.1) is 10.1 Å². The molecular formula is C18H19F2N3O4. The predicted molar refractivity (Wildman–Crippen MR) is 96.3 cm³/mol. The van der Waals surface area contributed by atoms with E-state index in [1.54, 1.807) is 38.2 Å². The summed E-state index contributed by atoms with van der Waals surface area (Å²) in [6.07, 6.45) is 0. The van der Waals surface area contributed by atoms with Crippen LogP contribution < -0.4 is 9.64 Å². The Labute approximate surface area is 154 Å². The first kappa shape index (κ1) is 20.1. The van der Waals surface area contributed by atoms with Crippen molar-refractivity contribution >= 4 is 17.3 Å². The van der Waals surface area contributed by atoms with E-state index in [0.717, 1.165) is 0 Å². The molecule has 7 nitrogen and oxygen atoms in total. The molecule has 0 aliphatic rings. The van der Waals surface area contributed by atoms with Crippen molar-refractivity contribution in [3.05, 3.63) is 63.7 Å². The number of nitro benzene ring substituents is 1. The Kier molecular flexibility index (Phi) is 6.27. The van der Waals surface area contributed by atoms with Crippen LogP contribution in [0.4, 0.5) is 20.2 Å². The van der Waals surface area contributed by atoms with Crippen molar-refractivity contribution in [2.45, 2.75) is 13.2 Å². The average Bonchev–Trinajstić information content (AvgIpc) is 2.61. The van der Waals surface area contributed by atoms with Crippen molar-refractivity contribution in [2.24, 2.45) is 0 Å². The number of benzene rings is 2. The van der Waals surface area contributed by atoms with Crippen molar-refractivity contribution in [1.82, 2.24) is 4.90 Å². The summed E-state index contributed by atoms with van der Waals surface area (Å²) in [4.78, 5) is 26.4. The largest absolute Gasteiger partial charge is 0.435 e. The van der Waals surface area contributed by atoms with E-state index in [9.17, 15) is 23.7 Å². The molecule has 0 aliphatic carbocycles. The van der Waals surface area contributed by atoms with E-state index in [1.807, 2.05) is 0 Å². The molecule has 0 spiro atoms. The first-order chi connectivity index (χ1) is 12.7. The van der Waals surface area contributed by atoms with Gasteiger partial charge in [-0.3, -0.25) is 14.9 Å². The normalized spacial score (nSPS) is 10.6. The van der Waals surface area contributed by atoms with Crippen LogP contribution in [0.3, 0.4) is 0 Å². The van der Waals surface area contributed by atoms with Gasteiger partial charge < -0.3 is 14.5 Å². The molecule has 0 radical (unpaired) electrons. The Bertz CT molecular complexity index is 826. The second-order valence-corrected chi connectivity index (χ2v) is 6.04. The van der Waals surface area contributed by atoms with E-state index >= 15 is 0 Å². The molecule has 144 valence electrons. The number of hydrogen-bond donors (Lipinski definition) is 0. The SMILES string of the molecule is CN(Cc1ccc(OC(F)F)cc1)C(=O)c1cc([N+](=O)[O-])ccc1N(C)C. The monoisotopic (exact) mass is 379 g/mol. The first-order valence-electron chi connectivity index (χ1n) is 7.94. The number of anilines is 1. The molecule has 2 rings (SSSR count). The topological polar surface area (TPSA) is 75.9 Å². The van der Waals surface area contributed by atoms with Crippen LogP contribution in [0.5, 0.6) is 5.75 Å². The van der Waals surface area contributed by atoms with Gasteiger partial charge in [-0.25, -0.2) is 0 Å². The van der Waals surface area contributed by atoms with Crippen molar-refractivity contribution < 1.29 is 23.2 Å². The highest BCUT2D eigenvalue weighted by Crippen LogP contribution is 2.26. The summed E-state index contributed by atoms with van der Waals surface area (Å²) < 4.78 is 28.7. The Morgan fingerprint density at radius 3 is 2.30 bits per heavy atom. The minimum absolute atomic E-state index is 0.0244. The van der Waals surface area contributed by atoms with Crippen LogP contribution in [0.25, 0.3) is 0 Å². The number of nitro groups is 1. The minimum Gasteiger partial charge on any atom is -0.435 e. The van der Waals surface area contributed by atoms with Gasteiger partial charge >= 0.3 is 6.61 Å². The Morgan fingerprint density at radius 2 is 1.78 bits per heavy atom. The number of halogens is 2. The van der Waals surface area contributed by atoms with Crippen LogP contribution in [0.2, 0.25) is 0 Å². The number of non-ortho nitro benzene ring substituents is 1. The second-order valence-electron chi connectivity index (χ2n) is 6.04. The number of hydrogen-bond acceptors (Lipinski definition) is 5. The van der Waals surface area contributed by atoms with Crippen molar-refractivity contribution in [2.75, 3.05) is 26.0 Å². The number of rotatable bonds is 7. The molecule has 1 amide bonds. The maximum atomic E-state index is 12.8. The number of carbonyl (C=O) groups excluding carboxylic acids is 1. The zero-order valence-electron chi connectivity index (χ0n) is 15.1. The average molecular weight is 379 g/mol. The number of alkyl halides is 2. The highest BCUT2D eigenvalue weighted by Gasteiger charge is 2.21. The molecular weight excluding hydrogens is 360 g/mol. The summed E-state index contributed by atoms with van der Waals surface area (Å²) in [6.45, 7) is -2.71. The smallest absolute Gasteiger partial charge is 0.387 e. The molecule has 27 heavy (non-hydrogen) atoms. The minimum atomic E-state index is -2.90. The quantitative estimate of drug-likeness (QED) is 0.543. The summed E-state index contributed by atoms with van der Waals surface area (Å²) >= 11 is 0. The van der Waals surface area contributed by atoms with E-state index in [1.165, 1.54) is 35.2 Å². The van der Waals surface area contributed by atoms with Gasteiger partial charge in [0.2, 0.25) is 0 Å². The molecule has 9 heteroatoms. The summed E-state index contributed by atoms with van der Waals surface area (Å²) in [7, 11) is 5.03. The maximum Gasteiger partial charge on any atom is 0.387 e. The standard InChI is InChI=1S/C18H19F2N3O4/c1-21(2)16-9-6-13(23(25)26)10-15(16)17(24)22(3)11-12-4-7-14(8-5-12)27-18(19)20/h4-10,18H,11H2,1-3H3. The third-order valence-electron chi connectivity index (χ3n) is 3.82. The van der Waals surface area contributed by atoms with Gasteiger partial charge in [0.25, 0.3) is 11.6 Å². The van der Waals surface area contributed by atoms with Gasteiger partial charge in [0.1, 0.15) is 5.75 Å². The fraction of sp³-hybridized carbons (Fsp3) is 0.278. The molecule has 2 aromatic rings. The molecule has 0 aliphatic heterocycles. The van der Waals surface area contributed by atoms with E-state index in [-0.39, 0.29) is 23.5 Å². The molecule has 0 aromatic heterocycles. The van der Waals surface area contributed by atoms with Crippen LogP contribution >= 0.6 is 0 Å². The lowest BCUT2D eigenvalue weighted by atomic mass is 10.1. The lowest BCUT2D eigenvalue weighted by Crippen LogP contribution is -2.28. The van der Waals surface area contributed by atoms with Gasteiger partial charge in [-0.1, -0.05) is 12.1 Å². The molecule has 0 N–H and O–H groups in total. The van der Waals surface area contributed by atoms with Crippen LogP contribution in [0.1, 0.15) is 15.9 Å². The lowest BCUT2D eigenvalue weighted by molar-refractivity contribution is -0.384. The molecule has 0 fully saturated rings. The third-order valence-corrected chi connectivity index (χ3v) is 3.82. The van der Waals surface area contributed by atoms with Crippen LogP contribution in [-0.4, -0.2) is 43.5 Å². The zero-order valence-corrected chi connectivity index (χ0v) is 15.1. The van der Waals surface area contributed by atoms with Gasteiger partial charge in [0.15, 0.2) is 0 Å². The van der Waals surface area contributed by atoms with Gasteiger partial charge in [-0.05, 0) is 23.8 Å². The van der Waals surface area contributed by atoms with Crippen LogP contribution in [0.15, 0.2) is 42.5 Å². The molecule has 0 heterocycles. The summed E-state index contributed by atoms with van der Waals surface area (Å²) in [5.74, 6) is -0.369. The fourth-order valence-corrected chi connectivity index (χ4v) is 2.53. The van der Waals surface area contributed by atoms with Crippen LogP contribution in [-0.2, 0) is 6.54 Å². The number of amides is 1. The maximum absolute atomic E-state index is 12.8. The zero-order chi connectivity index (χ0) is 20.1. The van der Waals surface area contributed by atoms with E-state index < -0.39 is 17.4 Å². The number of carbonyl (C=O) groups is 1. The number of nitrogens with zero attached hydrogens (tertiary/aromatic N) is 3. The Hall–Kier alpha value is -3.23.